The Bertz CT molecular complexity index is 344. The van der Waals surface area contributed by atoms with E-state index in [1.54, 1.807) is 14.1 Å². The molecule has 0 aliphatic carbocycles. The highest BCUT2D eigenvalue weighted by Crippen LogP contribution is 2.04. The van der Waals surface area contributed by atoms with Gasteiger partial charge in [-0.15, -0.1) is 0 Å². The summed E-state index contributed by atoms with van der Waals surface area (Å²) >= 11 is 0. The molecule has 0 aromatic rings. The van der Waals surface area contributed by atoms with Crippen LogP contribution in [0.3, 0.4) is 0 Å². The minimum atomic E-state index is -1.06. The highest BCUT2D eigenvalue weighted by atomic mass is 16.4. The number of hydrogen-bond acceptors (Lipinski definition) is 3. The first-order chi connectivity index (χ1) is 9.23. The maximum absolute atomic E-state index is 11.5. The van der Waals surface area contributed by atoms with E-state index < -0.39 is 18.0 Å². The molecule has 4 amide bonds. The Morgan fingerprint density at radius 1 is 1.10 bits per heavy atom. The van der Waals surface area contributed by atoms with Crippen molar-refractivity contribution >= 4 is 18.0 Å². The van der Waals surface area contributed by atoms with Crippen molar-refractivity contribution in [1.82, 2.24) is 20.9 Å². The van der Waals surface area contributed by atoms with Crippen LogP contribution in [0.5, 0.6) is 0 Å². The third-order valence-electron chi connectivity index (χ3n) is 2.40. The smallest absolute Gasteiger partial charge is 0.326 e. The summed E-state index contributed by atoms with van der Waals surface area (Å²) in [6.45, 7) is 4.25. The van der Waals surface area contributed by atoms with Crippen LogP contribution >= 0.6 is 0 Å². The molecule has 0 radical (unpaired) electrons. The van der Waals surface area contributed by atoms with Crippen LogP contribution in [0.15, 0.2) is 0 Å². The van der Waals surface area contributed by atoms with E-state index in [1.165, 1.54) is 4.90 Å². The number of rotatable bonds is 7. The van der Waals surface area contributed by atoms with Crippen molar-refractivity contribution in [2.24, 2.45) is 5.92 Å². The molecule has 0 aliphatic heterocycles. The van der Waals surface area contributed by atoms with Crippen LogP contribution in [0.1, 0.15) is 20.3 Å². The molecule has 0 spiro atoms. The highest BCUT2D eigenvalue weighted by Gasteiger charge is 2.20. The Labute approximate surface area is 118 Å². The Morgan fingerprint density at radius 2 is 1.65 bits per heavy atom. The molecular formula is C12H24N4O4. The van der Waals surface area contributed by atoms with Gasteiger partial charge in [0.15, 0.2) is 0 Å². The van der Waals surface area contributed by atoms with Gasteiger partial charge < -0.3 is 26.0 Å². The van der Waals surface area contributed by atoms with Crippen molar-refractivity contribution in [2.45, 2.75) is 26.3 Å². The second kappa shape index (κ2) is 9.00. The van der Waals surface area contributed by atoms with Gasteiger partial charge in [-0.3, -0.25) is 0 Å². The van der Waals surface area contributed by atoms with Gasteiger partial charge in [0, 0.05) is 27.2 Å². The van der Waals surface area contributed by atoms with Crippen LogP contribution in [0, 0.1) is 5.92 Å². The fraction of sp³-hybridized carbons (Fsp3) is 0.750. The fourth-order valence-corrected chi connectivity index (χ4v) is 1.41. The van der Waals surface area contributed by atoms with Crippen LogP contribution in [0.2, 0.25) is 0 Å². The van der Waals surface area contributed by atoms with E-state index in [0.717, 1.165) is 0 Å². The van der Waals surface area contributed by atoms with Crippen molar-refractivity contribution in [3.63, 3.8) is 0 Å². The lowest BCUT2D eigenvalue weighted by molar-refractivity contribution is -0.139. The van der Waals surface area contributed by atoms with E-state index in [2.05, 4.69) is 16.0 Å². The van der Waals surface area contributed by atoms with Crippen molar-refractivity contribution in [1.29, 1.82) is 0 Å². The lowest BCUT2D eigenvalue weighted by atomic mass is 10.0. The van der Waals surface area contributed by atoms with Crippen molar-refractivity contribution in [3.8, 4) is 0 Å². The van der Waals surface area contributed by atoms with Gasteiger partial charge in [0.2, 0.25) is 0 Å². The van der Waals surface area contributed by atoms with Crippen molar-refractivity contribution < 1.29 is 19.5 Å². The quantitative estimate of drug-likeness (QED) is 0.496. The first-order valence-corrected chi connectivity index (χ1v) is 6.46. The van der Waals surface area contributed by atoms with E-state index in [-0.39, 0.29) is 25.0 Å². The molecule has 0 saturated heterocycles. The number of aliphatic carboxylic acids is 1. The molecule has 8 nitrogen and oxygen atoms in total. The minimum Gasteiger partial charge on any atom is -0.480 e. The zero-order chi connectivity index (χ0) is 15.7. The van der Waals surface area contributed by atoms with Gasteiger partial charge in [0.05, 0.1) is 0 Å². The molecule has 116 valence electrons. The molecule has 0 aromatic carbocycles. The van der Waals surface area contributed by atoms with Gasteiger partial charge in [-0.2, -0.15) is 0 Å². The first-order valence-electron chi connectivity index (χ1n) is 6.46. The molecule has 20 heavy (non-hydrogen) atoms. The lowest BCUT2D eigenvalue weighted by Crippen LogP contribution is -2.48. The Balaban J connectivity index is 3.97. The molecule has 0 bridgehead atoms. The number of carbonyl (C=O) groups is 3. The second-order valence-electron chi connectivity index (χ2n) is 5.05. The molecule has 0 aromatic heterocycles. The van der Waals surface area contributed by atoms with Gasteiger partial charge in [-0.05, 0) is 12.3 Å². The van der Waals surface area contributed by atoms with Crippen molar-refractivity contribution in [2.75, 3.05) is 27.2 Å². The average molecular weight is 288 g/mol. The highest BCUT2D eigenvalue weighted by molar-refractivity contribution is 5.82. The van der Waals surface area contributed by atoms with Crippen LogP contribution in [-0.4, -0.2) is 61.3 Å². The van der Waals surface area contributed by atoms with Gasteiger partial charge in [0.25, 0.3) is 0 Å². The van der Waals surface area contributed by atoms with Crippen LogP contribution in [-0.2, 0) is 4.79 Å². The van der Waals surface area contributed by atoms with Crippen LogP contribution in [0.4, 0.5) is 9.59 Å². The number of carboxylic acids is 1. The molecule has 0 saturated carbocycles. The molecule has 8 heteroatoms. The third-order valence-corrected chi connectivity index (χ3v) is 2.40. The number of urea groups is 2. The lowest BCUT2D eigenvalue weighted by Gasteiger charge is -2.17. The van der Waals surface area contributed by atoms with E-state index in [9.17, 15) is 14.4 Å². The molecule has 1 atom stereocenters. The molecule has 4 N–H and O–H groups in total. The number of carboxylic acid groups (broad SMARTS) is 1. The zero-order valence-corrected chi connectivity index (χ0v) is 12.4. The summed E-state index contributed by atoms with van der Waals surface area (Å²) in [4.78, 5) is 35.0. The van der Waals surface area contributed by atoms with Crippen molar-refractivity contribution in [3.05, 3.63) is 0 Å². The Hall–Kier alpha value is -1.99. The first kappa shape index (κ1) is 18.0. The maximum atomic E-state index is 11.5. The summed E-state index contributed by atoms with van der Waals surface area (Å²) in [6.07, 6.45) is 0.361. The van der Waals surface area contributed by atoms with Gasteiger partial charge in [-0.1, -0.05) is 13.8 Å². The fourth-order valence-electron chi connectivity index (χ4n) is 1.41. The Kier molecular flexibility index (Phi) is 8.10. The topological polar surface area (TPSA) is 111 Å². The van der Waals surface area contributed by atoms with Gasteiger partial charge in [0.1, 0.15) is 6.04 Å². The van der Waals surface area contributed by atoms with E-state index >= 15 is 0 Å². The second-order valence-corrected chi connectivity index (χ2v) is 5.05. The molecule has 0 heterocycles. The average Bonchev–Trinajstić information content (AvgIpc) is 2.32. The molecular weight excluding hydrogens is 264 g/mol. The number of carbonyl (C=O) groups excluding carboxylic acids is 2. The molecule has 0 aliphatic rings. The number of hydrogen-bond donors (Lipinski definition) is 4. The van der Waals surface area contributed by atoms with E-state index in [4.69, 9.17) is 5.11 Å². The monoisotopic (exact) mass is 288 g/mol. The SMILES string of the molecule is CC(C)C[C@H](NC(=O)NCCNC(=O)N(C)C)C(=O)O. The van der Waals surface area contributed by atoms with Gasteiger partial charge >= 0.3 is 18.0 Å². The van der Waals surface area contributed by atoms with Gasteiger partial charge in [-0.25, -0.2) is 14.4 Å². The summed E-state index contributed by atoms with van der Waals surface area (Å²) in [6, 6.07) is -1.72. The summed E-state index contributed by atoms with van der Waals surface area (Å²) in [5.74, 6) is -0.898. The third kappa shape index (κ3) is 8.17. The number of nitrogens with one attached hydrogen (secondary N) is 3. The standard InChI is InChI=1S/C12H24N4O4/c1-8(2)7-9(10(17)18)15-11(19)13-5-6-14-12(20)16(3)4/h8-9H,5-7H2,1-4H3,(H,14,20)(H,17,18)(H2,13,15,19)/t9-/m0/s1. The van der Waals surface area contributed by atoms with Crippen LogP contribution < -0.4 is 16.0 Å². The number of amides is 4. The predicted molar refractivity (Wildman–Crippen MR) is 74.5 cm³/mol. The minimum absolute atomic E-state index is 0.163. The Morgan fingerprint density at radius 3 is 2.10 bits per heavy atom. The summed E-state index contributed by atoms with van der Waals surface area (Å²) in [5.41, 5.74) is 0. The summed E-state index contributed by atoms with van der Waals surface area (Å²) in [5, 5.41) is 16.4. The van der Waals surface area contributed by atoms with Crippen LogP contribution in [0.25, 0.3) is 0 Å². The summed E-state index contributed by atoms with van der Waals surface area (Å²) in [7, 11) is 3.22. The summed E-state index contributed by atoms with van der Waals surface area (Å²) < 4.78 is 0. The largest absolute Gasteiger partial charge is 0.480 e. The number of nitrogens with zero attached hydrogens (tertiary/aromatic N) is 1. The normalized spacial score (nSPS) is 11.7. The van der Waals surface area contributed by atoms with E-state index in [1.807, 2.05) is 13.8 Å². The maximum Gasteiger partial charge on any atom is 0.326 e. The molecule has 0 unspecified atom stereocenters. The predicted octanol–water partition coefficient (Wildman–Crippen LogP) is 0.0561. The molecule has 0 fully saturated rings. The zero-order valence-electron chi connectivity index (χ0n) is 12.4. The molecule has 0 rings (SSSR count). The van der Waals surface area contributed by atoms with E-state index in [0.29, 0.717) is 6.42 Å².